The van der Waals surface area contributed by atoms with Gasteiger partial charge < -0.3 is 4.90 Å². The Morgan fingerprint density at radius 2 is 2.04 bits per heavy atom. The average Bonchev–Trinajstić information content (AvgIpc) is 3.23. The molecule has 2 unspecified atom stereocenters. The zero-order chi connectivity index (χ0) is 18.7. The van der Waals surface area contributed by atoms with E-state index < -0.39 is 0 Å². The number of hydrogen-bond acceptors (Lipinski definition) is 5. The minimum Gasteiger partial charge on any atom is -0.336 e. The summed E-state index contributed by atoms with van der Waals surface area (Å²) in [4.78, 5) is 26.9. The van der Waals surface area contributed by atoms with Crippen LogP contribution in [-0.4, -0.2) is 43.5 Å². The molecule has 1 amide bonds. The van der Waals surface area contributed by atoms with Crippen molar-refractivity contribution in [2.24, 2.45) is 5.92 Å². The van der Waals surface area contributed by atoms with Gasteiger partial charge in [-0.05, 0) is 56.4 Å². The molecular weight excluding hydrogens is 358 g/mol. The van der Waals surface area contributed by atoms with Crippen LogP contribution in [0.25, 0.3) is 15.9 Å². The number of piperidine rings is 1. The molecule has 7 heteroatoms. The molecule has 2 aliphatic rings. The number of fused-ring (bicyclic) bond motifs is 5. The third-order valence-electron chi connectivity index (χ3n) is 6.07. The van der Waals surface area contributed by atoms with Gasteiger partial charge in [-0.3, -0.25) is 4.79 Å². The van der Waals surface area contributed by atoms with Crippen molar-refractivity contribution in [1.29, 1.82) is 0 Å². The minimum absolute atomic E-state index is 0.0463. The zero-order valence-electron chi connectivity index (χ0n) is 16.2. The Hall–Kier alpha value is -2.02. The minimum atomic E-state index is -0.0463. The maximum atomic E-state index is 13.0. The third-order valence-corrected chi connectivity index (χ3v) is 7.23. The fourth-order valence-corrected chi connectivity index (χ4v) is 6.07. The van der Waals surface area contributed by atoms with E-state index in [0.29, 0.717) is 17.7 Å². The number of amides is 1. The van der Waals surface area contributed by atoms with E-state index in [-0.39, 0.29) is 5.91 Å². The molecule has 4 heterocycles. The maximum Gasteiger partial charge on any atom is 0.293 e. The van der Waals surface area contributed by atoms with Crippen molar-refractivity contribution in [3.63, 3.8) is 0 Å². The zero-order valence-corrected chi connectivity index (χ0v) is 17.0. The van der Waals surface area contributed by atoms with E-state index in [0.717, 1.165) is 47.6 Å². The highest BCUT2D eigenvalue weighted by Gasteiger charge is 2.29. The Bertz CT molecular complexity index is 1050. The summed E-state index contributed by atoms with van der Waals surface area (Å²) < 4.78 is 1.78. The first-order valence-corrected chi connectivity index (χ1v) is 10.8. The van der Waals surface area contributed by atoms with Crippen LogP contribution in [0, 0.1) is 12.8 Å². The number of hydrogen-bond donors (Lipinski definition) is 0. The maximum absolute atomic E-state index is 13.0. The molecule has 3 aromatic rings. The predicted molar refractivity (Wildman–Crippen MR) is 107 cm³/mol. The van der Waals surface area contributed by atoms with Crippen LogP contribution in [-0.2, 0) is 6.42 Å². The first kappa shape index (κ1) is 17.1. The van der Waals surface area contributed by atoms with Gasteiger partial charge in [0, 0.05) is 18.0 Å². The molecule has 2 atom stereocenters. The first-order chi connectivity index (χ1) is 13.0. The molecule has 142 valence electrons. The first-order valence-electron chi connectivity index (χ1n) is 10.0. The van der Waals surface area contributed by atoms with Crippen LogP contribution in [0.4, 0.5) is 0 Å². The van der Waals surface area contributed by atoms with Gasteiger partial charge in [-0.1, -0.05) is 13.8 Å². The number of aromatic nitrogens is 4. The summed E-state index contributed by atoms with van der Waals surface area (Å²) in [6, 6.07) is 0. The smallest absolute Gasteiger partial charge is 0.293 e. The molecular formula is C20H25N5OS. The van der Waals surface area contributed by atoms with Gasteiger partial charge in [-0.25, -0.2) is 9.97 Å². The molecule has 5 rings (SSSR count). The van der Waals surface area contributed by atoms with Crippen LogP contribution in [0.3, 0.4) is 0 Å². The Labute approximate surface area is 162 Å². The van der Waals surface area contributed by atoms with Crippen LogP contribution >= 0.6 is 11.3 Å². The van der Waals surface area contributed by atoms with Crippen molar-refractivity contribution in [2.75, 3.05) is 13.1 Å². The monoisotopic (exact) mass is 383 g/mol. The SMILES string of the molecule is Cc1nc2sc3c(c2c2nc(C(=O)N4CCCC(C)C4)nn12)C(C)CCC3. The number of carbonyl (C=O) groups is 1. The lowest BCUT2D eigenvalue weighted by molar-refractivity contribution is 0.0671. The Kier molecular flexibility index (Phi) is 3.96. The summed E-state index contributed by atoms with van der Waals surface area (Å²) in [5, 5.41) is 5.69. The molecule has 27 heavy (non-hydrogen) atoms. The van der Waals surface area contributed by atoms with Crippen LogP contribution in [0.2, 0.25) is 0 Å². The van der Waals surface area contributed by atoms with E-state index in [1.807, 2.05) is 11.8 Å². The summed E-state index contributed by atoms with van der Waals surface area (Å²) in [6.07, 6.45) is 5.80. The summed E-state index contributed by atoms with van der Waals surface area (Å²) in [7, 11) is 0. The summed E-state index contributed by atoms with van der Waals surface area (Å²) in [6.45, 7) is 8.04. The lowest BCUT2D eigenvalue weighted by atomic mass is 9.87. The van der Waals surface area contributed by atoms with Gasteiger partial charge in [0.15, 0.2) is 5.65 Å². The highest BCUT2D eigenvalue weighted by molar-refractivity contribution is 7.19. The second-order valence-corrected chi connectivity index (χ2v) is 9.32. The number of thiophene rings is 1. The van der Waals surface area contributed by atoms with E-state index in [1.165, 1.54) is 29.7 Å². The highest BCUT2D eigenvalue weighted by Crippen LogP contribution is 2.42. The molecule has 0 bridgehead atoms. The van der Waals surface area contributed by atoms with E-state index in [9.17, 15) is 4.79 Å². The second kappa shape index (κ2) is 6.26. The number of likely N-dealkylation sites (tertiary alicyclic amines) is 1. The van der Waals surface area contributed by atoms with E-state index in [1.54, 1.807) is 15.9 Å². The standard InChI is InChI=1S/C20H25N5OS/c1-11-6-5-9-24(10-11)20(26)17-22-18-16-15-12(2)7-4-8-14(15)27-19(16)21-13(3)25(18)23-17/h11-12H,4-10H2,1-3H3. The summed E-state index contributed by atoms with van der Waals surface area (Å²) >= 11 is 1.79. The number of carbonyl (C=O) groups excluding carboxylic acids is 1. The van der Waals surface area contributed by atoms with Crippen molar-refractivity contribution in [1.82, 2.24) is 24.5 Å². The molecule has 1 aliphatic heterocycles. The highest BCUT2D eigenvalue weighted by atomic mass is 32.1. The van der Waals surface area contributed by atoms with Crippen LogP contribution < -0.4 is 0 Å². The quantitative estimate of drug-likeness (QED) is 0.638. The molecule has 0 saturated carbocycles. The molecule has 0 aromatic carbocycles. The van der Waals surface area contributed by atoms with Crippen molar-refractivity contribution >= 4 is 33.1 Å². The Balaban J connectivity index is 1.66. The lowest BCUT2D eigenvalue weighted by Gasteiger charge is -2.29. The molecule has 0 N–H and O–H groups in total. The van der Waals surface area contributed by atoms with Crippen molar-refractivity contribution < 1.29 is 4.79 Å². The van der Waals surface area contributed by atoms with E-state index in [2.05, 4.69) is 18.9 Å². The van der Waals surface area contributed by atoms with Crippen LogP contribution in [0.15, 0.2) is 0 Å². The Morgan fingerprint density at radius 3 is 2.85 bits per heavy atom. The lowest BCUT2D eigenvalue weighted by Crippen LogP contribution is -2.39. The fourth-order valence-electron chi connectivity index (χ4n) is 4.69. The van der Waals surface area contributed by atoms with Gasteiger partial charge >= 0.3 is 0 Å². The van der Waals surface area contributed by atoms with Crippen molar-refractivity contribution in [3.8, 4) is 0 Å². The predicted octanol–water partition coefficient (Wildman–Crippen LogP) is 3.96. The molecule has 1 saturated heterocycles. The Morgan fingerprint density at radius 1 is 1.19 bits per heavy atom. The van der Waals surface area contributed by atoms with Gasteiger partial charge in [-0.15, -0.1) is 16.4 Å². The second-order valence-electron chi connectivity index (χ2n) is 8.24. The normalized spacial score (nSPS) is 23.1. The summed E-state index contributed by atoms with van der Waals surface area (Å²) in [5.41, 5.74) is 2.19. The molecule has 0 spiro atoms. The van der Waals surface area contributed by atoms with Crippen molar-refractivity contribution in [3.05, 3.63) is 22.1 Å². The fraction of sp³-hybridized carbons (Fsp3) is 0.600. The number of aryl methyl sites for hydroxylation is 2. The number of nitrogens with zero attached hydrogens (tertiary/aromatic N) is 5. The van der Waals surface area contributed by atoms with Gasteiger partial charge in [0.05, 0.1) is 5.39 Å². The molecule has 0 radical (unpaired) electrons. The number of rotatable bonds is 1. The van der Waals surface area contributed by atoms with E-state index in [4.69, 9.17) is 9.97 Å². The van der Waals surface area contributed by atoms with Crippen LogP contribution in [0.1, 0.15) is 72.3 Å². The van der Waals surface area contributed by atoms with Gasteiger partial charge in [0.1, 0.15) is 10.7 Å². The summed E-state index contributed by atoms with van der Waals surface area (Å²) in [5.74, 6) is 2.11. The van der Waals surface area contributed by atoms with Gasteiger partial charge in [0.25, 0.3) is 5.91 Å². The average molecular weight is 384 g/mol. The molecule has 1 aliphatic carbocycles. The largest absolute Gasteiger partial charge is 0.336 e. The van der Waals surface area contributed by atoms with Gasteiger partial charge in [0.2, 0.25) is 5.82 Å². The molecule has 3 aromatic heterocycles. The molecule has 6 nitrogen and oxygen atoms in total. The molecule has 1 fully saturated rings. The van der Waals surface area contributed by atoms with Crippen LogP contribution in [0.5, 0.6) is 0 Å². The van der Waals surface area contributed by atoms with Crippen molar-refractivity contribution in [2.45, 2.75) is 58.8 Å². The van der Waals surface area contributed by atoms with E-state index >= 15 is 0 Å². The van der Waals surface area contributed by atoms with Gasteiger partial charge in [-0.2, -0.15) is 4.52 Å². The topological polar surface area (TPSA) is 63.4 Å². The third kappa shape index (κ3) is 2.66.